The van der Waals surface area contributed by atoms with Crippen LogP contribution in [-0.4, -0.2) is 29.1 Å². The molecular formula is C17H19NO3. The Balaban J connectivity index is 1.68. The standard InChI is InChI=1S/C17H19NO3/c1-17(16(19)20)9-10-18(12-17)11-14-7-8-15(21-14)13-5-3-2-4-6-13/h2-8H,9-12H2,1H3,(H,19,20). The van der Waals surface area contributed by atoms with Crippen LogP contribution in [-0.2, 0) is 11.3 Å². The van der Waals surface area contributed by atoms with Crippen LogP contribution in [0.15, 0.2) is 46.9 Å². The van der Waals surface area contributed by atoms with Crippen molar-refractivity contribution in [3.63, 3.8) is 0 Å². The second kappa shape index (κ2) is 5.37. The molecule has 1 aliphatic rings. The Kier molecular flexibility index (Phi) is 3.55. The Morgan fingerprint density at radius 1 is 1.29 bits per heavy atom. The third-order valence-corrected chi connectivity index (χ3v) is 4.17. The number of hydrogen-bond acceptors (Lipinski definition) is 3. The van der Waals surface area contributed by atoms with E-state index < -0.39 is 11.4 Å². The molecule has 0 aliphatic carbocycles. The van der Waals surface area contributed by atoms with E-state index in [0.717, 1.165) is 23.6 Å². The van der Waals surface area contributed by atoms with Crippen LogP contribution in [0.1, 0.15) is 19.1 Å². The fourth-order valence-corrected chi connectivity index (χ4v) is 2.81. The molecule has 0 saturated carbocycles. The summed E-state index contributed by atoms with van der Waals surface area (Å²) in [6.07, 6.45) is 0.689. The lowest BCUT2D eigenvalue weighted by molar-refractivity contribution is -0.147. The van der Waals surface area contributed by atoms with Gasteiger partial charge >= 0.3 is 5.97 Å². The van der Waals surface area contributed by atoms with Crippen molar-refractivity contribution >= 4 is 5.97 Å². The molecule has 2 aromatic rings. The molecule has 4 nitrogen and oxygen atoms in total. The Labute approximate surface area is 124 Å². The maximum Gasteiger partial charge on any atom is 0.310 e. The smallest absolute Gasteiger partial charge is 0.310 e. The fourth-order valence-electron chi connectivity index (χ4n) is 2.81. The molecule has 0 amide bonds. The van der Waals surface area contributed by atoms with E-state index in [2.05, 4.69) is 4.90 Å². The van der Waals surface area contributed by atoms with Crippen LogP contribution in [0.5, 0.6) is 0 Å². The van der Waals surface area contributed by atoms with Crippen LogP contribution < -0.4 is 0 Å². The van der Waals surface area contributed by atoms with Crippen molar-refractivity contribution in [1.29, 1.82) is 0 Å². The predicted molar refractivity (Wildman–Crippen MR) is 79.8 cm³/mol. The normalized spacial score (nSPS) is 22.5. The molecule has 4 heteroatoms. The molecule has 110 valence electrons. The topological polar surface area (TPSA) is 53.7 Å². The van der Waals surface area contributed by atoms with E-state index in [1.54, 1.807) is 0 Å². The van der Waals surface area contributed by atoms with Gasteiger partial charge in [0.1, 0.15) is 11.5 Å². The van der Waals surface area contributed by atoms with Crippen molar-refractivity contribution in [1.82, 2.24) is 4.90 Å². The summed E-state index contributed by atoms with van der Waals surface area (Å²) in [5.74, 6) is 1.02. The number of hydrogen-bond donors (Lipinski definition) is 1. The summed E-state index contributed by atoms with van der Waals surface area (Å²) in [6, 6.07) is 13.9. The van der Waals surface area contributed by atoms with Crippen LogP contribution >= 0.6 is 0 Å². The van der Waals surface area contributed by atoms with Gasteiger partial charge in [-0.1, -0.05) is 30.3 Å². The van der Waals surface area contributed by atoms with Gasteiger partial charge in [-0.3, -0.25) is 9.69 Å². The zero-order valence-electron chi connectivity index (χ0n) is 12.1. The van der Waals surface area contributed by atoms with Crippen molar-refractivity contribution in [2.45, 2.75) is 19.9 Å². The van der Waals surface area contributed by atoms with Crippen molar-refractivity contribution in [3.8, 4) is 11.3 Å². The second-order valence-corrected chi connectivity index (χ2v) is 5.96. The van der Waals surface area contributed by atoms with Gasteiger partial charge in [0.2, 0.25) is 0 Å². The molecule has 1 aromatic heterocycles. The zero-order valence-corrected chi connectivity index (χ0v) is 12.1. The summed E-state index contributed by atoms with van der Waals surface area (Å²) in [7, 11) is 0. The fraction of sp³-hybridized carbons (Fsp3) is 0.353. The highest BCUT2D eigenvalue weighted by Gasteiger charge is 2.40. The van der Waals surface area contributed by atoms with Gasteiger partial charge in [-0.05, 0) is 32.0 Å². The molecule has 1 N–H and O–H groups in total. The first-order chi connectivity index (χ1) is 10.1. The Morgan fingerprint density at radius 2 is 2.05 bits per heavy atom. The van der Waals surface area contributed by atoms with Crippen molar-refractivity contribution < 1.29 is 14.3 Å². The van der Waals surface area contributed by atoms with Gasteiger partial charge in [0.05, 0.1) is 12.0 Å². The lowest BCUT2D eigenvalue weighted by atomic mass is 9.90. The molecule has 2 heterocycles. The van der Waals surface area contributed by atoms with Gasteiger partial charge in [0.15, 0.2) is 0 Å². The number of nitrogens with zero attached hydrogens (tertiary/aromatic N) is 1. The molecule has 1 saturated heterocycles. The van der Waals surface area contributed by atoms with E-state index in [-0.39, 0.29) is 0 Å². The molecule has 21 heavy (non-hydrogen) atoms. The van der Waals surface area contributed by atoms with Crippen LogP contribution in [0.2, 0.25) is 0 Å². The Morgan fingerprint density at radius 3 is 2.71 bits per heavy atom. The van der Waals surface area contributed by atoms with Gasteiger partial charge in [-0.15, -0.1) is 0 Å². The number of likely N-dealkylation sites (tertiary alicyclic amines) is 1. The average Bonchev–Trinajstić information content (AvgIpc) is 3.08. The minimum absolute atomic E-state index is 0.573. The van der Waals surface area contributed by atoms with Crippen molar-refractivity contribution in [2.24, 2.45) is 5.41 Å². The third-order valence-electron chi connectivity index (χ3n) is 4.17. The van der Waals surface area contributed by atoms with E-state index >= 15 is 0 Å². The molecule has 0 spiro atoms. The lowest BCUT2D eigenvalue weighted by Crippen LogP contribution is -2.31. The van der Waals surface area contributed by atoms with E-state index in [0.29, 0.717) is 19.5 Å². The SMILES string of the molecule is CC1(C(=O)O)CCN(Cc2ccc(-c3ccccc3)o2)C1. The maximum atomic E-state index is 11.3. The minimum Gasteiger partial charge on any atom is -0.481 e. The number of benzene rings is 1. The highest BCUT2D eigenvalue weighted by Crippen LogP contribution is 2.31. The number of carbonyl (C=O) groups is 1. The maximum absolute atomic E-state index is 11.3. The highest BCUT2D eigenvalue weighted by atomic mass is 16.4. The average molecular weight is 285 g/mol. The highest BCUT2D eigenvalue weighted by molar-refractivity contribution is 5.74. The minimum atomic E-state index is -0.714. The van der Waals surface area contributed by atoms with Crippen LogP contribution in [0.25, 0.3) is 11.3 Å². The number of carboxylic acid groups (broad SMARTS) is 1. The van der Waals surface area contributed by atoms with Crippen LogP contribution in [0.4, 0.5) is 0 Å². The van der Waals surface area contributed by atoms with Crippen molar-refractivity contribution in [3.05, 3.63) is 48.2 Å². The quantitative estimate of drug-likeness (QED) is 0.937. The first-order valence-electron chi connectivity index (χ1n) is 7.17. The largest absolute Gasteiger partial charge is 0.481 e. The summed E-state index contributed by atoms with van der Waals surface area (Å²) in [6.45, 7) is 3.84. The predicted octanol–water partition coefficient (Wildman–Crippen LogP) is 3.24. The first-order valence-corrected chi connectivity index (χ1v) is 7.17. The van der Waals surface area contributed by atoms with E-state index in [9.17, 15) is 9.90 Å². The van der Waals surface area contributed by atoms with Gasteiger partial charge in [0.25, 0.3) is 0 Å². The van der Waals surface area contributed by atoms with E-state index in [1.807, 2.05) is 49.4 Å². The van der Waals surface area contributed by atoms with Gasteiger partial charge < -0.3 is 9.52 Å². The molecule has 1 unspecified atom stereocenters. The van der Waals surface area contributed by atoms with E-state index in [1.165, 1.54) is 0 Å². The molecule has 0 bridgehead atoms. The summed E-state index contributed by atoms with van der Waals surface area (Å²) < 4.78 is 5.87. The summed E-state index contributed by atoms with van der Waals surface area (Å²) >= 11 is 0. The molecule has 1 aliphatic heterocycles. The second-order valence-electron chi connectivity index (χ2n) is 5.96. The van der Waals surface area contributed by atoms with E-state index in [4.69, 9.17) is 4.42 Å². The van der Waals surface area contributed by atoms with Crippen molar-refractivity contribution in [2.75, 3.05) is 13.1 Å². The van der Waals surface area contributed by atoms with Crippen LogP contribution in [0, 0.1) is 5.41 Å². The number of carboxylic acids is 1. The molecule has 3 rings (SSSR count). The molecule has 1 atom stereocenters. The van der Waals surface area contributed by atoms with Gasteiger partial charge in [0, 0.05) is 12.1 Å². The molecule has 1 fully saturated rings. The number of rotatable bonds is 4. The molecule has 0 radical (unpaired) electrons. The lowest BCUT2D eigenvalue weighted by Gasteiger charge is -2.19. The molecular weight excluding hydrogens is 266 g/mol. The summed E-state index contributed by atoms with van der Waals surface area (Å²) in [4.78, 5) is 13.4. The first kappa shape index (κ1) is 13.9. The van der Waals surface area contributed by atoms with Gasteiger partial charge in [-0.25, -0.2) is 0 Å². The Hall–Kier alpha value is -2.07. The summed E-state index contributed by atoms with van der Waals surface area (Å²) in [5.41, 5.74) is 0.426. The van der Waals surface area contributed by atoms with Gasteiger partial charge in [-0.2, -0.15) is 0 Å². The zero-order chi connectivity index (χ0) is 14.9. The van der Waals surface area contributed by atoms with Crippen LogP contribution in [0.3, 0.4) is 0 Å². The summed E-state index contributed by atoms with van der Waals surface area (Å²) in [5, 5.41) is 9.26. The third kappa shape index (κ3) is 2.85. The number of furan rings is 1. The number of aliphatic carboxylic acids is 1. The Bertz CT molecular complexity index is 634. The molecule has 1 aromatic carbocycles. The monoisotopic (exact) mass is 285 g/mol.